The van der Waals surface area contributed by atoms with Crippen LogP contribution in [0.4, 0.5) is 18.9 Å². The molecule has 1 fully saturated rings. The third-order valence-corrected chi connectivity index (χ3v) is 3.88. The Kier molecular flexibility index (Phi) is 6.49. The van der Waals surface area contributed by atoms with Crippen LogP contribution >= 0.6 is 0 Å². The highest BCUT2D eigenvalue weighted by atomic mass is 19.4. The number of ether oxygens (including phenoxy) is 1. The fourth-order valence-electron chi connectivity index (χ4n) is 2.67. The van der Waals surface area contributed by atoms with E-state index in [2.05, 4.69) is 10.8 Å². The van der Waals surface area contributed by atoms with Gasteiger partial charge in [0.2, 0.25) is 0 Å². The summed E-state index contributed by atoms with van der Waals surface area (Å²) in [5.74, 6) is 2.33. The number of anilines is 1. The largest absolute Gasteiger partial charge is 0.416 e. The molecule has 1 aliphatic rings. The molecular weight excluding hydrogens is 321 g/mol. The topological polar surface area (TPSA) is 35.9 Å². The van der Waals surface area contributed by atoms with Crippen LogP contribution in [0, 0.1) is 12.3 Å². The predicted octanol–water partition coefficient (Wildman–Crippen LogP) is 1.84. The molecule has 4 nitrogen and oxygen atoms in total. The number of β-amino-alcohol motifs (C(OH)–C–C–N with tert-alkyl or cyclic N) is 1. The van der Waals surface area contributed by atoms with Gasteiger partial charge in [0, 0.05) is 38.4 Å². The van der Waals surface area contributed by atoms with E-state index in [-0.39, 0.29) is 13.2 Å². The first-order chi connectivity index (χ1) is 11.4. The second-order valence-corrected chi connectivity index (χ2v) is 5.71. The van der Waals surface area contributed by atoms with Crippen molar-refractivity contribution in [3.63, 3.8) is 0 Å². The molecule has 0 bridgehead atoms. The lowest BCUT2D eigenvalue weighted by atomic mass is 10.1. The van der Waals surface area contributed by atoms with Crippen molar-refractivity contribution < 1.29 is 23.0 Å². The standard InChI is InChI=1S/C17H21F3N2O2/c1-2-10-24-13-16(23)12-21-6-8-22(9-7-21)15-5-3-4-14(11-15)17(18,19)20/h1,3-5,11,16,23H,6-10,12-13H2/t16-/m1/s1. The van der Waals surface area contributed by atoms with E-state index in [1.54, 1.807) is 6.07 Å². The molecule has 0 amide bonds. The van der Waals surface area contributed by atoms with E-state index in [0.29, 0.717) is 38.4 Å². The molecule has 0 aromatic heterocycles. The Morgan fingerprint density at radius 3 is 2.58 bits per heavy atom. The highest BCUT2D eigenvalue weighted by Gasteiger charge is 2.31. The van der Waals surface area contributed by atoms with Crippen molar-refractivity contribution in [2.45, 2.75) is 12.3 Å². The molecule has 2 rings (SSSR count). The molecule has 1 aromatic carbocycles. The van der Waals surface area contributed by atoms with Crippen LogP contribution in [0.3, 0.4) is 0 Å². The zero-order valence-electron chi connectivity index (χ0n) is 13.3. The van der Waals surface area contributed by atoms with Crippen LogP contribution in [0.25, 0.3) is 0 Å². The van der Waals surface area contributed by atoms with Crippen LogP contribution in [0.5, 0.6) is 0 Å². The summed E-state index contributed by atoms with van der Waals surface area (Å²) in [5.41, 5.74) is -0.0640. The van der Waals surface area contributed by atoms with E-state index in [0.717, 1.165) is 6.07 Å². The average molecular weight is 342 g/mol. The van der Waals surface area contributed by atoms with Gasteiger partial charge in [-0.15, -0.1) is 6.42 Å². The van der Waals surface area contributed by atoms with Crippen molar-refractivity contribution in [3.05, 3.63) is 29.8 Å². The van der Waals surface area contributed by atoms with Gasteiger partial charge < -0.3 is 14.7 Å². The number of piperazine rings is 1. The zero-order valence-corrected chi connectivity index (χ0v) is 13.3. The second kappa shape index (κ2) is 8.38. The maximum absolute atomic E-state index is 12.8. The summed E-state index contributed by atoms with van der Waals surface area (Å²) in [6.07, 6.45) is 0.105. The first kappa shape index (κ1) is 18.6. The van der Waals surface area contributed by atoms with E-state index in [9.17, 15) is 18.3 Å². The molecule has 1 saturated heterocycles. The average Bonchev–Trinajstić information content (AvgIpc) is 2.55. The van der Waals surface area contributed by atoms with Crippen molar-refractivity contribution in [1.82, 2.24) is 4.90 Å². The highest BCUT2D eigenvalue weighted by molar-refractivity contribution is 5.49. The number of aliphatic hydroxyl groups is 1. The summed E-state index contributed by atoms with van der Waals surface area (Å²) in [5, 5.41) is 9.86. The number of hydrogen-bond acceptors (Lipinski definition) is 4. The van der Waals surface area contributed by atoms with E-state index in [1.165, 1.54) is 12.1 Å². The van der Waals surface area contributed by atoms with E-state index in [4.69, 9.17) is 11.2 Å². The third kappa shape index (κ3) is 5.41. The van der Waals surface area contributed by atoms with Gasteiger partial charge in [-0.2, -0.15) is 13.2 Å². The highest BCUT2D eigenvalue weighted by Crippen LogP contribution is 2.31. The first-order valence-electron chi connectivity index (χ1n) is 7.74. The summed E-state index contributed by atoms with van der Waals surface area (Å²) < 4.78 is 43.5. The van der Waals surface area contributed by atoms with Crippen LogP contribution in [0.2, 0.25) is 0 Å². The van der Waals surface area contributed by atoms with Crippen molar-refractivity contribution in [2.24, 2.45) is 0 Å². The Hall–Kier alpha value is -1.75. The van der Waals surface area contributed by atoms with Crippen molar-refractivity contribution in [2.75, 3.05) is 50.8 Å². The summed E-state index contributed by atoms with van der Waals surface area (Å²) >= 11 is 0. The Bertz CT molecular complexity index is 564. The molecule has 1 aromatic rings. The van der Waals surface area contributed by atoms with Gasteiger partial charge in [-0.05, 0) is 18.2 Å². The fraction of sp³-hybridized carbons (Fsp3) is 0.529. The van der Waals surface area contributed by atoms with E-state index < -0.39 is 17.8 Å². The molecule has 0 spiro atoms. The smallest absolute Gasteiger partial charge is 0.389 e. The van der Waals surface area contributed by atoms with Crippen LogP contribution < -0.4 is 4.90 Å². The van der Waals surface area contributed by atoms with Gasteiger partial charge in [-0.25, -0.2) is 0 Å². The second-order valence-electron chi connectivity index (χ2n) is 5.71. The lowest BCUT2D eigenvalue weighted by Crippen LogP contribution is -2.49. The summed E-state index contributed by atoms with van der Waals surface area (Å²) in [7, 11) is 0. The summed E-state index contributed by atoms with van der Waals surface area (Å²) in [6.45, 7) is 3.36. The normalized spacial score (nSPS) is 17.5. The van der Waals surface area contributed by atoms with Crippen LogP contribution in [-0.4, -0.2) is 62.0 Å². The van der Waals surface area contributed by atoms with Crippen LogP contribution in [-0.2, 0) is 10.9 Å². The van der Waals surface area contributed by atoms with Crippen molar-refractivity contribution >= 4 is 5.69 Å². The minimum Gasteiger partial charge on any atom is -0.389 e. The number of benzene rings is 1. The number of halogens is 3. The minimum absolute atomic E-state index is 0.167. The molecular formula is C17H21F3N2O2. The van der Waals surface area contributed by atoms with E-state index >= 15 is 0 Å². The SMILES string of the molecule is C#CCOC[C@H](O)CN1CCN(c2cccc(C(F)(F)F)c2)CC1. The Morgan fingerprint density at radius 1 is 1.25 bits per heavy atom. The predicted molar refractivity (Wildman–Crippen MR) is 85.8 cm³/mol. The first-order valence-corrected chi connectivity index (χ1v) is 7.74. The molecule has 0 radical (unpaired) electrons. The molecule has 1 atom stereocenters. The minimum atomic E-state index is -4.33. The quantitative estimate of drug-likeness (QED) is 0.632. The zero-order chi connectivity index (χ0) is 17.6. The molecule has 1 N–H and O–H groups in total. The Morgan fingerprint density at radius 2 is 1.96 bits per heavy atom. The summed E-state index contributed by atoms with van der Waals surface area (Å²) in [4.78, 5) is 3.99. The number of aliphatic hydroxyl groups excluding tert-OH is 1. The van der Waals surface area contributed by atoms with E-state index in [1.807, 2.05) is 4.90 Å². The van der Waals surface area contributed by atoms with Crippen molar-refractivity contribution in [3.8, 4) is 12.3 Å². The fourth-order valence-corrected chi connectivity index (χ4v) is 2.67. The lowest BCUT2D eigenvalue weighted by molar-refractivity contribution is -0.137. The van der Waals surface area contributed by atoms with Gasteiger partial charge in [0.15, 0.2) is 0 Å². The maximum atomic E-state index is 12.8. The number of nitrogens with zero attached hydrogens (tertiary/aromatic N) is 2. The molecule has 7 heteroatoms. The molecule has 1 heterocycles. The van der Waals surface area contributed by atoms with Gasteiger partial charge in [0.1, 0.15) is 6.61 Å². The molecule has 24 heavy (non-hydrogen) atoms. The van der Waals surface area contributed by atoms with Crippen molar-refractivity contribution in [1.29, 1.82) is 0 Å². The number of rotatable bonds is 6. The maximum Gasteiger partial charge on any atom is 0.416 e. The van der Waals surface area contributed by atoms with Gasteiger partial charge in [-0.1, -0.05) is 12.0 Å². The number of alkyl halides is 3. The van der Waals surface area contributed by atoms with Gasteiger partial charge in [0.25, 0.3) is 0 Å². The Labute approximate surface area is 139 Å². The van der Waals surface area contributed by atoms with Gasteiger partial charge in [-0.3, -0.25) is 4.90 Å². The monoisotopic (exact) mass is 342 g/mol. The third-order valence-electron chi connectivity index (χ3n) is 3.88. The molecule has 0 aliphatic carbocycles. The van der Waals surface area contributed by atoms with Gasteiger partial charge in [0.05, 0.1) is 18.3 Å². The number of terminal acetylenes is 1. The van der Waals surface area contributed by atoms with Crippen LogP contribution in [0.15, 0.2) is 24.3 Å². The molecule has 132 valence electrons. The van der Waals surface area contributed by atoms with Crippen LogP contribution in [0.1, 0.15) is 5.56 Å². The molecule has 0 saturated carbocycles. The molecule has 1 aliphatic heterocycles. The molecule has 0 unspecified atom stereocenters. The number of hydrogen-bond donors (Lipinski definition) is 1. The summed E-state index contributed by atoms with van der Waals surface area (Å²) in [6, 6.07) is 5.37. The Balaban J connectivity index is 1.84. The van der Waals surface area contributed by atoms with Gasteiger partial charge >= 0.3 is 6.18 Å². The lowest BCUT2D eigenvalue weighted by Gasteiger charge is -2.37.